The molecule has 0 radical (unpaired) electrons. The molecule has 8 heavy (non-hydrogen) atoms. The van der Waals surface area contributed by atoms with Crippen LogP contribution in [0, 0.1) is 4.91 Å². The van der Waals surface area contributed by atoms with Crippen molar-refractivity contribution in [2.24, 2.45) is 5.34 Å². The first-order valence-corrected chi connectivity index (χ1v) is 2.36. The summed E-state index contributed by atoms with van der Waals surface area (Å²) in [6.07, 6.45) is 1.95. The first kappa shape index (κ1) is 10.4. The monoisotopic (exact) mass is 121 g/mol. The van der Waals surface area contributed by atoms with Crippen LogP contribution >= 0.6 is 0 Å². The minimum Gasteiger partial charge on any atom is -0.412 e. The van der Waals surface area contributed by atoms with E-state index in [4.69, 9.17) is 0 Å². The lowest BCUT2D eigenvalue weighted by Crippen LogP contribution is -1.83. The van der Waals surface area contributed by atoms with Crippen molar-refractivity contribution in [1.29, 1.82) is 0 Å². The zero-order chi connectivity index (χ0) is 5.54. The topological polar surface area (TPSA) is 70.2 Å². The third kappa shape index (κ3) is 9.03. The Bertz CT molecular complexity index is 48.5. The molecule has 0 fully saturated rings. The molecule has 0 saturated carbocycles. The summed E-state index contributed by atoms with van der Waals surface area (Å²) >= 11 is 0. The number of rotatable bonds is 4. The SMILES string of the molecule is CCCCON=O.O. The molecule has 2 N–H and O–H groups in total. The molecule has 0 spiro atoms. The molecule has 0 aliphatic carbocycles. The summed E-state index contributed by atoms with van der Waals surface area (Å²) < 4.78 is 0. The molecule has 0 atom stereocenters. The van der Waals surface area contributed by atoms with E-state index in [1.165, 1.54) is 0 Å². The van der Waals surface area contributed by atoms with Gasteiger partial charge in [-0.15, -0.1) is 4.91 Å². The van der Waals surface area contributed by atoms with E-state index >= 15 is 0 Å². The molecule has 0 aliphatic rings. The summed E-state index contributed by atoms with van der Waals surface area (Å²) in [4.78, 5) is 13.4. The number of unbranched alkanes of at least 4 members (excludes halogenated alkanes) is 1. The van der Waals surface area contributed by atoms with E-state index in [0.29, 0.717) is 6.61 Å². The van der Waals surface area contributed by atoms with Crippen molar-refractivity contribution >= 4 is 0 Å². The predicted molar refractivity (Wildman–Crippen MR) is 30.3 cm³/mol. The summed E-state index contributed by atoms with van der Waals surface area (Å²) in [5, 5.41) is 2.22. The zero-order valence-electron chi connectivity index (χ0n) is 4.89. The summed E-state index contributed by atoms with van der Waals surface area (Å²) in [5.41, 5.74) is 0. The van der Waals surface area contributed by atoms with Gasteiger partial charge in [-0.3, -0.25) is 0 Å². The van der Waals surface area contributed by atoms with Crippen LogP contribution in [0.15, 0.2) is 5.34 Å². The van der Waals surface area contributed by atoms with Crippen LogP contribution in [-0.4, -0.2) is 12.1 Å². The van der Waals surface area contributed by atoms with E-state index in [1.54, 1.807) is 0 Å². The highest BCUT2D eigenvalue weighted by molar-refractivity contribution is 4.26. The maximum Gasteiger partial charge on any atom is 0.155 e. The van der Waals surface area contributed by atoms with E-state index < -0.39 is 0 Å². The maximum absolute atomic E-state index is 9.21. The van der Waals surface area contributed by atoms with Crippen LogP contribution in [0.1, 0.15) is 19.8 Å². The highest BCUT2D eigenvalue weighted by atomic mass is 16.7. The van der Waals surface area contributed by atoms with Gasteiger partial charge >= 0.3 is 0 Å². The summed E-state index contributed by atoms with van der Waals surface area (Å²) in [5.74, 6) is 0. The van der Waals surface area contributed by atoms with Gasteiger partial charge in [0.1, 0.15) is 6.61 Å². The van der Waals surface area contributed by atoms with Gasteiger partial charge in [-0.05, 0) is 6.42 Å². The molecule has 0 saturated heterocycles. The smallest absolute Gasteiger partial charge is 0.155 e. The average Bonchev–Trinajstić information content (AvgIpc) is 1.69. The van der Waals surface area contributed by atoms with E-state index in [1.807, 2.05) is 6.92 Å². The van der Waals surface area contributed by atoms with Gasteiger partial charge in [0.15, 0.2) is 5.34 Å². The van der Waals surface area contributed by atoms with E-state index in [-0.39, 0.29) is 5.48 Å². The molecule has 0 aromatic carbocycles. The molecule has 0 aromatic heterocycles. The van der Waals surface area contributed by atoms with Crippen LogP contribution in [0.5, 0.6) is 0 Å². The maximum atomic E-state index is 9.21. The van der Waals surface area contributed by atoms with E-state index in [2.05, 4.69) is 10.2 Å². The van der Waals surface area contributed by atoms with Gasteiger partial charge in [0.05, 0.1) is 0 Å². The van der Waals surface area contributed by atoms with Gasteiger partial charge in [0.25, 0.3) is 0 Å². The first-order chi connectivity index (χ1) is 3.41. The second kappa shape index (κ2) is 9.61. The molecular weight excluding hydrogens is 110 g/mol. The Morgan fingerprint density at radius 3 is 2.62 bits per heavy atom. The standard InChI is InChI=1S/C4H9NO2.H2O/c1-2-3-4-7-5-6;/h2-4H2,1H3;1H2. The summed E-state index contributed by atoms with van der Waals surface area (Å²) in [7, 11) is 0. The molecule has 0 aliphatic heterocycles. The van der Waals surface area contributed by atoms with Crippen molar-refractivity contribution < 1.29 is 10.3 Å². The Balaban J connectivity index is 0. The minimum atomic E-state index is 0. The molecule has 0 rings (SSSR count). The van der Waals surface area contributed by atoms with Crippen molar-refractivity contribution in [3.63, 3.8) is 0 Å². The zero-order valence-corrected chi connectivity index (χ0v) is 4.89. The van der Waals surface area contributed by atoms with Crippen LogP contribution in [0.4, 0.5) is 0 Å². The van der Waals surface area contributed by atoms with Crippen molar-refractivity contribution in [2.75, 3.05) is 6.61 Å². The average molecular weight is 121 g/mol. The molecule has 0 unspecified atom stereocenters. The fourth-order valence-corrected chi connectivity index (χ4v) is 0.246. The van der Waals surface area contributed by atoms with Gasteiger partial charge in [0, 0.05) is 0 Å². The fourth-order valence-electron chi connectivity index (χ4n) is 0.246. The third-order valence-corrected chi connectivity index (χ3v) is 0.642. The van der Waals surface area contributed by atoms with Crippen molar-refractivity contribution in [1.82, 2.24) is 0 Å². The van der Waals surface area contributed by atoms with Crippen molar-refractivity contribution in [3.05, 3.63) is 4.91 Å². The molecule has 4 nitrogen and oxygen atoms in total. The first-order valence-electron chi connectivity index (χ1n) is 2.36. The largest absolute Gasteiger partial charge is 0.412 e. The number of hydrogen-bond acceptors (Lipinski definition) is 3. The molecule has 4 heteroatoms. The predicted octanol–water partition coefficient (Wildman–Crippen LogP) is 0.660. The van der Waals surface area contributed by atoms with Crippen molar-refractivity contribution in [3.8, 4) is 0 Å². The van der Waals surface area contributed by atoms with Crippen LogP contribution in [0.2, 0.25) is 0 Å². The lowest BCUT2D eigenvalue weighted by Gasteiger charge is -1.88. The molecule has 0 amide bonds. The molecule has 0 bridgehead atoms. The van der Waals surface area contributed by atoms with Crippen LogP contribution in [0.3, 0.4) is 0 Å². The molecule has 0 heterocycles. The Kier molecular flexibility index (Phi) is 12.5. The lowest BCUT2D eigenvalue weighted by atomic mass is 10.4. The highest BCUT2D eigenvalue weighted by Crippen LogP contribution is 1.86. The van der Waals surface area contributed by atoms with Gasteiger partial charge < -0.3 is 10.3 Å². The fraction of sp³-hybridized carbons (Fsp3) is 1.00. The minimum absolute atomic E-state index is 0. The lowest BCUT2D eigenvalue weighted by molar-refractivity contribution is 0.136. The quantitative estimate of drug-likeness (QED) is 0.311. The Hall–Kier alpha value is -0.640. The van der Waals surface area contributed by atoms with Gasteiger partial charge in [-0.25, -0.2) is 0 Å². The third-order valence-electron chi connectivity index (χ3n) is 0.642. The molecule has 0 aromatic rings. The van der Waals surface area contributed by atoms with Crippen molar-refractivity contribution in [2.45, 2.75) is 19.8 Å². The Morgan fingerprint density at radius 1 is 1.62 bits per heavy atom. The Morgan fingerprint density at radius 2 is 2.25 bits per heavy atom. The normalized spacial score (nSPS) is 7.12. The summed E-state index contributed by atoms with van der Waals surface area (Å²) in [6, 6.07) is 0. The van der Waals surface area contributed by atoms with Gasteiger partial charge in [-0.1, -0.05) is 13.3 Å². The molecule has 50 valence electrons. The highest BCUT2D eigenvalue weighted by Gasteiger charge is 1.79. The number of hydrogen-bond donors (Lipinski definition) is 0. The van der Waals surface area contributed by atoms with E-state index in [9.17, 15) is 4.91 Å². The van der Waals surface area contributed by atoms with Crippen LogP contribution < -0.4 is 0 Å². The van der Waals surface area contributed by atoms with Crippen LogP contribution in [0.25, 0.3) is 0 Å². The number of nitrogens with zero attached hydrogens (tertiary/aromatic N) is 1. The molecular formula is C4H11NO3. The van der Waals surface area contributed by atoms with Gasteiger partial charge in [0.2, 0.25) is 0 Å². The second-order valence-electron chi connectivity index (χ2n) is 1.26. The van der Waals surface area contributed by atoms with Crippen LogP contribution in [-0.2, 0) is 4.84 Å². The second-order valence-corrected chi connectivity index (χ2v) is 1.26. The van der Waals surface area contributed by atoms with E-state index in [0.717, 1.165) is 12.8 Å². The van der Waals surface area contributed by atoms with Gasteiger partial charge in [-0.2, -0.15) is 0 Å². The summed E-state index contributed by atoms with van der Waals surface area (Å²) in [6.45, 7) is 2.48. The Labute approximate surface area is 48.1 Å².